The molecule has 0 heterocycles. The van der Waals surface area contributed by atoms with Crippen molar-refractivity contribution in [3.05, 3.63) is 0 Å². The molecule has 0 bridgehead atoms. The average molecular weight is 314 g/mol. The normalized spacial score (nSPS) is 13.3. The quantitative estimate of drug-likeness (QED) is 0.567. The van der Waals surface area contributed by atoms with Crippen LogP contribution in [0.15, 0.2) is 0 Å². The number of carbonyl (C=O) groups is 2. The van der Waals surface area contributed by atoms with E-state index in [1.54, 1.807) is 6.92 Å². The Bertz CT molecular complexity index is 337. The molecular weight excluding hydrogens is 280 g/mol. The predicted octanol–water partition coefficient (Wildman–Crippen LogP) is 4.22. The lowest BCUT2D eigenvalue weighted by atomic mass is 9.64. The third-order valence-electron chi connectivity index (χ3n) is 3.99. The summed E-state index contributed by atoms with van der Waals surface area (Å²) >= 11 is 0. The summed E-state index contributed by atoms with van der Waals surface area (Å²) in [6.45, 7) is 14.7. The highest BCUT2D eigenvalue weighted by Gasteiger charge is 2.43. The molecule has 0 saturated heterocycles. The first-order valence-electron chi connectivity index (χ1n) is 8.50. The lowest BCUT2D eigenvalue weighted by molar-refractivity contribution is -0.157. The largest absolute Gasteiger partial charge is 0.466 e. The molecule has 0 aliphatic rings. The summed E-state index contributed by atoms with van der Waals surface area (Å²) in [6, 6.07) is 0. The molecule has 0 spiro atoms. The van der Waals surface area contributed by atoms with Crippen LogP contribution in [0.4, 0.5) is 0 Å². The first kappa shape index (κ1) is 20.9. The van der Waals surface area contributed by atoms with Crippen LogP contribution in [0, 0.1) is 23.2 Å². The molecule has 0 saturated carbocycles. The molecule has 0 rings (SSSR count). The molecule has 4 heteroatoms. The van der Waals surface area contributed by atoms with E-state index in [4.69, 9.17) is 9.47 Å². The Morgan fingerprint density at radius 2 is 1.32 bits per heavy atom. The van der Waals surface area contributed by atoms with Gasteiger partial charge in [0.05, 0.1) is 25.6 Å². The van der Waals surface area contributed by atoms with E-state index in [2.05, 4.69) is 27.7 Å². The average Bonchev–Trinajstić information content (AvgIpc) is 2.36. The summed E-state index contributed by atoms with van der Waals surface area (Å²) in [5, 5.41) is 0. The second-order valence-corrected chi connectivity index (χ2v) is 7.01. The molecule has 0 aliphatic heterocycles. The van der Waals surface area contributed by atoms with Gasteiger partial charge in [-0.1, -0.05) is 34.6 Å². The number of carbonyl (C=O) groups excluding carboxylic acids is 2. The third kappa shape index (κ3) is 6.80. The summed E-state index contributed by atoms with van der Waals surface area (Å²) in [4.78, 5) is 24.4. The number of esters is 2. The summed E-state index contributed by atoms with van der Waals surface area (Å²) in [6.07, 6.45) is 1.89. The van der Waals surface area contributed by atoms with E-state index in [-0.39, 0.29) is 24.3 Å². The molecule has 0 aromatic carbocycles. The molecule has 0 aromatic heterocycles. The van der Waals surface area contributed by atoms with Gasteiger partial charge in [-0.05, 0) is 43.9 Å². The monoisotopic (exact) mass is 314 g/mol. The maximum absolute atomic E-state index is 12.3. The van der Waals surface area contributed by atoms with E-state index >= 15 is 0 Å². The van der Waals surface area contributed by atoms with Gasteiger partial charge in [-0.25, -0.2) is 0 Å². The minimum atomic E-state index is -0.402. The van der Waals surface area contributed by atoms with Crippen molar-refractivity contribution in [2.75, 3.05) is 13.2 Å². The Kier molecular flexibility index (Phi) is 9.38. The highest BCUT2D eigenvalue weighted by molar-refractivity contribution is 5.76. The van der Waals surface area contributed by atoms with Crippen LogP contribution in [0.25, 0.3) is 0 Å². The number of ether oxygens (including phenoxy) is 2. The summed E-state index contributed by atoms with van der Waals surface area (Å²) in [5.74, 6) is 0.0322. The van der Waals surface area contributed by atoms with Crippen molar-refractivity contribution >= 4 is 11.9 Å². The molecule has 0 N–H and O–H groups in total. The molecule has 4 nitrogen and oxygen atoms in total. The van der Waals surface area contributed by atoms with Crippen molar-refractivity contribution in [2.24, 2.45) is 23.2 Å². The Morgan fingerprint density at radius 1 is 0.864 bits per heavy atom. The lowest BCUT2D eigenvalue weighted by Gasteiger charge is -2.40. The number of hydrogen-bond acceptors (Lipinski definition) is 4. The molecule has 0 amide bonds. The molecule has 1 unspecified atom stereocenters. The van der Waals surface area contributed by atoms with Crippen LogP contribution in [0.2, 0.25) is 0 Å². The molecule has 0 radical (unpaired) electrons. The van der Waals surface area contributed by atoms with Crippen LogP contribution in [0.3, 0.4) is 0 Å². The van der Waals surface area contributed by atoms with Crippen molar-refractivity contribution in [3.63, 3.8) is 0 Å². The third-order valence-corrected chi connectivity index (χ3v) is 3.99. The highest BCUT2D eigenvalue weighted by atomic mass is 16.5. The zero-order valence-electron chi connectivity index (χ0n) is 15.4. The van der Waals surface area contributed by atoms with Crippen molar-refractivity contribution in [3.8, 4) is 0 Å². The van der Waals surface area contributed by atoms with E-state index in [0.717, 1.165) is 12.8 Å². The van der Waals surface area contributed by atoms with Gasteiger partial charge in [0, 0.05) is 0 Å². The Balaban J connectivity index is 5.51. The van der Waals surface area contributed by atoms with E-state index < -0.39 is 5.41 Å². The topological polar surface area (TPSA) is 52.6 Å². The second kappa shape index (κ2) is 9.86. The van der Waals surface area contributed by atoms with Gasteiger partial charge in [-0.2, -0.15) is 0 Å². The molecular formula is C18H34O4. The Labute approximate surface area is 135 Å². The van der Waals surface area contributed by atoms with Crippen molar-refractivity contribution in [1.29, 1.82) is 0 Å². The minimum Gasteiger partial charge on any atom is -0.466 e. The van der Waals surface area contributed by atoms with Gasteiger partial charge in [-0.15, -0.1) is 0 Å². The van der Waals surface area contributed by atoms with Crippen molar-refractivity contribution in [2.45, 2.75) is 67.7 Å². The van der Waals surface area contributed by atoms with Gasteiger partial charge in [0.2, 0.25) is 0 Å². The maximum atomic E-state index is 12.3. The molecule has 22 heavy (non-hydrogen) atoms. The molecule has 130 valence electrons. The van der Waals surface area contributed by atoms with Gasteiger partial charge < -0.3 is 9.47 Å². The van der Waals surface area contributed by atoms with Crippen molar-refractivity contribution in [1.82, 2.24) is 0 Å². The van der Waals surface area contributed by atoms with Gasteiger partial charge in [0.15, 0.2) is 0 Å². The standard InChI is InChI=1S/C18H34O4/c1-8-21-16(19)12-18(10-13(3)4,11-14(5)6)15(7)17(20)22-9-2/h13-15H,8-12H2,1-7H3. The molecule has 0 fully saturated rings. The van der Waals surface area contributed by atoms with Crippen molar-refractivity contribution < 1.29 is 19.1 Å². The summed E-state index contributed by atoms with van der Waals surface area (Å²) < 4.78 is 10.4. The van der Waals surface area contributed by atoms with E-state index in [1.165, 1.54) is 0 Å². The molecule has 0 aliphatic carbocycles. The van der Waals surface area contributed by atoms with E-state index in [1.807, 2.05) is 13.8 Å². The van der Waals surface area contributed by atoms with Gasteiger partial charge >= 0.3 is 11.9 Å². The van der Waals surface area contributed by atoms with Gasteiger partial charge in [0.1, 0.15) is 0 Å². The second-order valence-electron chi connectivity index (χ2n) is 7.01. The summed E-state index contributed by atoms with van der Waals surface area (Å²) in [5.41, 5.74) is -0.402. The Morgan fingerprint density at radius 3 is 1.68 bits per heavy atom. The SMILES string of the molecule is CCOC(=O)CC(CC(C)C)(CC(C)C)C(C)C(=O)OCC. The maximum Gasteiger partial charge on any atom is 0.309 e. The van der Waals surface area contributed by atoms with Gasteiger partial charge in [0.25, 0.3) is 0 Å². The van der Waals surface area contributed by atoms with Crippen LogP contribution < -0.4 is 0 Å². The van der Waals surface area contributed by atoms with Crippen LogP contribution in [-0.2, 0) is 19.1 Å². The predicted molar refractivity (Wildman–Crippen MR) is 88.4 cm³/mol. The highest BCUT2D eigenvalue weighted by Crippen LogP contribution is 2.44. The minimum absolute atomic E-state index is 0.215. The Hall–Kier alpha value is -1.06. The first-order valence-corrected chi connectivity index (χ1v) is 8.50. The molecule has 1 atom stereocenters. The van der Waals surface area contributed by atoms with Crippen LogP contribution in [0.5, 0.6) is 0 Å². The fourth-order valence-electron chi connectivity index (χ4n) is 3.38. The smallest absolute Gasteiger partial charge is 0.309 e. The van der Waals surface area contributed by atoms with E-state index in [9.17, 15) is 9.59 Å². The molecule has 0 aromatic rings. The van der Waals surface area contributed by atoms with Crippen LogP contribution in [-0.4, -0.2) is 25.2 Å². The zero-order valence-corrected chi connectivity index (χ0v) is 15.4. The first-order chi connectivity index (χ1) is 10.2. The number of rotatable bonds is 10. The number of hydrogen-bond donors (Lipinski definition) is 0. The summed E-state index contributed by atoms with van der Waals surface area (Å²) in [7, 11) is 0. The zero-order chi connectivity index (χ0) is 17.3. The fourth-order valence-corrected chi connectivity index (χ4v) is 3.38. The van der Waals surface area contributed by atoms with Crippen LogP contribution in [0.1, 0.15) is 67.7 Å². The van der Waals surface area contributed by atoms with Gasteiger partial charge in [-0.3, -0.25) is 9.59 Å². The fraction of sp³-hybridized carbons (Fsp3) is 0.889. The van der Waals surface area contributed by atoms with E-state index in [0.29, 0.717) is 25.0 Å². The van der Waals surface area contributed by atoms with Crippen LogP contribution >= 0.6 is 0 Å². The lowest BCUT2D eigenvalue weighted by Crippen LogP contribution is -2.40.